The maximum Gasteiger partial charge on any atom is 0.123 e. The summed E-state index contributed by atoms with van der Waals surface area (Å²) in [5.41, 5.74) is 0.763. The molecule has 2 N–H and O–H groups in total. The smallest absolute Gasteiger partial charge is 0.123 e. The summed E-state index contributed by atoms with van der Waals surface area (Å²) in [4.78, 5) is 3.96. The van der Waals surface area contributed by atoms with Gasteiger partial charge in [0.25, 0.3) is 0 Å². The summed E-state index contributed by atoms with van der Waals surface area (Å²) in [5.74, 6) is 0. The highest BCUT2D eigenvalue weighted by molar-refractivity contribution is 6.29. The maximum absolute atomic E-state index is 5.68. The lowest BCUT2D eigenvalue weighted by Crippen LogP contribution is -2.04. The predicted molar refractivity (Wildman–Crippen MR) is 45.2 cm³/mol. The Morgan fingerprint density at radius 1 is 1.50 bits per heavy atom. The van der Waals surface area contributed by atoms with Gasteiger partial charge in [0.1, 0.15) is 5.16 Å². The summed E-state index contributed by atoms with van der Waals surface area (Å²) in [5, 5.41) is 6.10. The number of hydrogen-bond acceptors (Lipinski definition) is 2. The van der Waals surface area contributed by atoms with Crippen LogP contribution in [0.5, 0.6) is 0 Å². The molecule has 0 aliphatic carbocycles. The number of nitrogens with zero attached hydrogens (tertiary/aromatic N) is 1. The zero-order chi connectivity index (χ0) is 7.98. The van der Waals surface area contributed by atoms with E-state index in [1.54, 1.807) is 20.4 Å². The minimum atomic E-state index is 0.562. The summed E-state index contributed by atoms with van der Waals surface area (Å²) < 4.78 is 0. The highest BCUT2D eigenvalue weighted by Crippen LogP contribution is 2.04. The van der Waals surface area contributed by atoms with Gasteiger partial charge in [-0.15, -0.1) is 0 Å². The van der Waals surface area contributed by atoms with Crippen LogP contribution >= 0.6 is 11.6 Å². The van der Waals surface area contributed by atoms with Crippen LogP contribution in [0.25, 0.3) is 0 Å². The first-order valence-electron chi connectivity index (χ1n) is 2.96. The molecule has 0 unspecified atom stereocenters. The summed E-state index contributed by atoms with van der Waals surface area (Å²) >= 11 is 5.68. The molecule has 0 saturated heterocycles. The quantitative estimate of drug-likeness (QED) is 0.366. The number of rotatable bonds is 3. The molecule has 0 radical (unpaired) electrons. The molecule has 58 valence electrons. The van der Waals surface area contributed by atoms with Gasteiger partial charge in [0.15, 0.2) is 0 Å². The SMILES string of the molecule is CN/C=N\C(C)=C(/Cl)NC. The van der Waals surface area contributed by atoms with E-state index in [2.05, 4.69) is 15.6 Å². The van der Waals surface area contributed by atoms with Crippen molar-refractivity contribution in [3.63, 3.8) is 0 Å². The van der Waals surface area contributed by atoms with Gasteiger partial charge in [-0.3, -0.25) is 0 Å². The van der Waals surface area contributed by atoms with E-state index in [4.69, 9.17) is 11.6 Å². The van der Waals surface area contributed by atoms with E-state index in [9.17, 15) is 0 Å². The Labute approximate surface area is 66.2 Å². The number of nitrogens with one attached hydrogen (secondary N) is 2. The number of aliphatic imine (C=N–C) groups is 1. The van der Waals surface area contributed by atoms with Gasteiger partial charge in [0.05, 0.1) is 12.0 Å². The molecular formula is C6H12ClN3. The zero-order valence-electron chi connectivity index (χ0n) is 6.40. The van der Waals surface area contributed by atoms with Crippen LogP contribution in [0.2, 0.25) is 0 Å². The van der Waals surface area contributed by atoms with E-state index in [0.717, 1.165) is 5.70 Å². The van der Waals surface area contributed by atoms with Gasteiger partial charge >= 0.3 is 0 Å². The highest BCUT2D eigenvalue weighted by atomic mass is 35.5. The largest absolute Gasteiger partial charge is 0.379 e. The van der Waals surface area contributed by atoms with Crippen molar-refractivity contribution in [2.45, 2.75) is 6.92 Å². The van der Waals surface area contributed by atoms with Crippen LogP contribution in [0.15, 0.2) is 15.8 Å². The van der Waals surface area contributed by atoms with Crippen molar-refractivity contribution in [2.75, 3.05) is 14.1 Å². The van der Waals surface area contributed by atoms with E-state index in [1.807, 2.05) is 6.92 Å². The van der Waals surface area contributed by atoms with Gasteiger partial charge in [0.2, 0.25) is 0 Å². The first kappa shape index (κ1) is 9.30. The Morgan fingerprint density at radius 2 is 2.10 bits per heavy atom. The molecule has 0 aromatic carbocycles. The van der Waals surface area contributed by atoms with E-state index in [0.29, 0.717) is 5.16 Å². The average molecular weight is 162 g/mol. The number of allylic oxidation sites excluding steroid dienone is 1. The molecule has 4 heteroatoms. The van der Waals surface area contributed by atoms with E-state index in [1.165, 1.54) is 0 Å². The van der Waals surface area contributed by atoms with E-state index in [-0.39, 0.29) is 0 Å². The second kappa shape index (κ2) is 5.11. The molecular weight excluding hydrogens is 150 g/mol. The van der Waals surface area contributed by atoms with Crippen LogP contribution in [0.4, 0.5) is 0 Å². The van der Waals surface area contributed by atoms with Crippen molar-refractivity contribution in [3.05, 3.63) is 10.9 Å². The van der Waals surface area contributed by atoms with Crippen LogP contribution < -0.4 is 10.6 Å². The third-order valence-corrected chi connectivity index (χ3v) is 1.39. The van der Waals surface area contributed by atoms with Crippen LogP contribution in [-0.4, -0.2) is 20.4 Å². The molecule has 0 aromatic rings. The molecule has 0 saturated carbocycles. The van der Waals surface area contributed by atoms with Gasteiger partial charge in [0, 0.05) is 14.1 Å². The monoisotopic (exact) mass is 161 g/mol. The number of hydrogen-bond donors (Lipinski definition) is 2. The predicted octanol–water partition coefficient (Wildman–Crippen LogP) is 0.881. The third kappa shape index (κ3) is 3.35. The van der Waals surface area contributed by atoms with Gasteiger partial charge in [-0.2, -0.15) is 0 Å². The average Bonchev–Trinajstić information content (AvgIpc) is 1.98. The normalized spacial score (nSPS) is 13.2. The van der Waals surface area contributed by atoms with Crippen LogP contribution in [-0.2, 0) is 0 Å². The fourth-order valence-electron chi connectivity index (χ4n) is 0.399. The first-order chi connectivity index (χ1) is 4.72. The van der Waals surface area contributed by atoms with Gasteiger partial charge in [-0.05, 0) is 6.92 Å². The number of halogens is 1. The third-order valence-electron chi connectivity index (χ3n) is 0.924. The van der Waals surface area contributed by atoms with Gasteiger partial charge < -0.3 is 10.6 Å². The summed E-state index contributed by atoms with van der Waals surface area (Å²) in [6.07, 6.45) is 1.58. The highest BCUT2D eigenvalue weighted by Gasteiger charge is 1.90. The topological polar surface area (TPSA) is 36.4 Å². The van der Waals surface area contributed by atoms with Crippen molar-refractivity contribution < 1.29 is 0 Å². The minimum Gasteiger partial charge on any atom is -0.379 e. The molecule has 0 spiro atoms. The Bertz CT molecular complexity index is 151. The summed E-state index contributed by atoms with van der Waals surface area (Å²) in [6, 6.07) is 0. The van der Waals surface area contributed by atoms with Crippen molar-refractivity contribution in [2.24, 2.45) is 4.99 Å². The molecule has 0 atom stereocenters. The Hall–Kier alpha value is -0.700. The van der Waals surface area contributed by atoms with Gasteiger partial charge in [-0.25, -0.2) is 4.99 Å². The fraction of sp³-hybridized carbons (Fsp3) is 0.500. The summed E-state index contributed by atoms with van der Waals surface area (Å²) in [7, 11) is 3.53. The molecule has 10 heavy (non-hydrogen) atoms. The Kier molecular flexibility index (Phi) is 4.76. The van der Waals surface area contributed by atoms with Crippen LogP contribution in [0.1, 0.15) is 6.92 Å². The van der Waals surface area contributed by atoms with E-state index >= 15 is 0 Å². The molecule has 0 amide bonds. The van der Waals surface area contributed by atoms with Crippen molar-refractivity contribution in [1.29, 1.82) is 0 Å². The Morgan fingerprint density at radius 3 is 2.50 bits per heavy atom. The second-order valence-corrected chi connectivity index (χ2v) is 2.07. The molecule has 0 aliphatic rings. The van der Waals surface area contributed by atoms with Gasteiger partial charge in [-0.1, -0.05) is 11.6 Å². The molecule has 0 aliphatic heterocycles. The molecule has 0 bridgehead atoms. The van der Waals surface area contributed by atoms with E-state index < -0.39 is 0 Å². The fourth-order valence-corrected chi connectivity index (χ4v) is 0.448. The lowest BCUT2D eigenvalue weighted by Gasteiger charge is -1.97. The lowest BCUT2D eigenvalue weighted by molar-refractivity contribution is 1.03. The first-order valence-corrected chi connectivity index (χ1v) is 3.34. The zero-order valence-corrected chi connectivity index (χ0v) is 7.16. The maximum atomic E-state index is 5.68. The second-order valence-electron chi connectivity index (χ2n) is 1.70. The van der Waals surface area contributed by atoms with Crippen molar-refractivity contribution in [1.82, 2.24) is 10.6 Å². The molecule has 0 fully saturated rings. The minimum absolute atomic E-state index is 0.562. The molecule has 3 nitrogen and oxygen atoms in total. The molecule has 0 heterocycles. The van der Waals surface area contributed by atoms with Crippen LogP contribution in [0.3, 0.4) is 0 Å². The van der Waals surface area contributed by atoms with Crippen LogP contribution in [0, 0.1) is 0 Å². The summed E-state index contributed by atoms with van der Waals surface area (Å²) in [6.45, 7) is 1.83. The molecule has 0 rings (SSSR count). The Balaban J connectivity index is 4.04. The van der Waals surface area contributed by atoms with Crippen molar-refractivity contribution in [3.8, 4) is 0 Å². The lowest BCUT2D eigenvalue weighted by atomic mass is 10.5. The molecule has 0 aromatic heterocycles. The standard InChI is InChI=1S/C6H12ClN3/c1-5(6(7)9-3)10-4-8-2/h4,9H,1-3H3,(H,8,10)/b6-5+. The van der Waals surface area contributed by atoms with Crippen molar-refractivity contribution >= 4 is 17.9 Å².